The van der Waals surface area contributed by atoms with Crippen molar-refractivity contribution < 1.29 is 33.9 Å². The van der Waals surface area contributed by atoms with Crippen molar-refractivity contribution in [3.8, 4) is 0 Å². The highest BCUT2D eigenvalue weighted by atomic mass is 16.4. The van der Waals surface area contributed by atoms with Crippen LogP contribution in [0.4, 0.5) is 0 Å². The van der Waals surface area contributed by atoms with E-state index in [0.29, 0.717) is 6.42 Å². The van der Waals surface area contributed by atoms with Crippen molar-refractivity contribution in [2.75, 3.05) is 0 Å². The number of carboxylic acids is 1. The average Bonchev–Trinajstić information content (AvgIpc) is 2.68. The zero-order chi connectivity index (χ0) is 25.2. The molecular formula is C19H34N6O7. The summed E-state index contributed by atoms with van der Waals surface area (Å²) in [6.45, 7) is 6.69. The fourth-order valence-electron chi connectivity index (χ4n) is 2.60. The van der Waals surface area contributed by atoms with E-state index in [4.69, 9.17) is 17.2 Å². The average molecular weight is 459 g/mol. The predicted molar refractivity (Wildman–Crippen MR) is 113 cm³/mol. The van der Waals surface area contributed by atoms with Crippen molar-refractivity contribution in [3.05, 3.63) is 0 Å². The number of hydrogen-bond donors (Lipinski definition) is 7. The number of primary amides is 2. The van der Waals surface area contributed by atoms with Gasteiger partial charge >= 0.3 is 5.97 Å². The quantitative estimate of drug-likeness (QED) is 0.144. The molecule has 0 fully saturated rings. The van der Waals surface area contributed by atoms with Gasteiger partial charge in [0.1, 0.15) is 18.1 Å². The summed E-state index contributed by atoms with van der Waals surface area (Å²) in [6, 6.07) is -5.27. The highest BCUT2D eigenvalue weighted by molar-refractivity contribution is 5.97. The SMILES string of the molecule is CCC(C)C(NC(=O)C(CC(N)=O)NC(=O)C(CC(N)=O)NC(=O)C(N)C(C)C)C(=O)O. The van der Waals surface area contributed by atoms with E-state index in [-0.39, 0.29) is 5.92 Å². The Morgan fingerprint density at radius 3 is 1.53 bits per heavy atom. The fourth-order valence-corrected chi connectivity index (χ4v) is 2.60. The minimum atomic E-state index is -1.54. The van der Waals surface area contributed by atoms with Crippen LogP contribution < -0.4 is 33.2 Å². The number of aliphatic carboxylic acids is 1. The van der Waals surface area contributed by atoms with Crippen molar-refractivity contribution in [2.45, 2.75) is 71.1 Å². The van der Waals surface area contributed by atoms with Crippen molar-refractivity contribution in [2.24, 2.45) is 29.0 Å². The van der Waals surface area contributed by atoms with Crippen LogP contribution in [0.2, 0.25) is 0 Å². The Hall–Kier alpha value is -3.22. The molecule has 0 heterocycles. The molecule has 0 radical (unpaired) electrons. The Bertz CT molecular complexity index is 727. The van der Waals surface area contributed by atoms with E-state index in [1.807, 2.05) is 0 Å². The van der Waals surface area contributed by atoms with Gasteiger partial charge in [0.25, 0.3) is 0 Å². The molecule has 0 aliphatic heterocycles. The molecule has 5 amide bonds. The second-order valence-electron chi connectivity index (χ2n) is 7.94. The van der Waals surface area contributed by atoms with Gasteiger partial charge < -0.3 is 38.3 Å². The van der Waals surface area contributed by atoms with Crippen LogP contribution in [0.5, 0.6) is 0 Å². The summed E-state index contributed by atoms with van der Waals surface area (Å²) in [5.74, 6) is -6.55. The van der Waals surface area contributed by atoms with Crippen LogP contribution in [0.1, 0.15) is 47.0 Å². The van der Waals surface area contributed by atoms with Crippen LogP contribution in [0.3, 0.4) is 0 Å². The molecule has 182 valence electrons. The summed E-state index contributed by atoms with van der Waals surface area (Å²) in [5, 5.41) is 16.1. The maximum absolute atomic E-state index is 12.7. The first-order valence-electron chi connectivity index (χ1n) is 10.2. The Morgan fingerprint density at radius 2 is 1.19 bits per heavy atom. The molecule has 0 aromatic heterocycles. The lowest BCUT2D eigenvalue weighted by Crippen LogP contribution is -2.59. The molecule has 0 aliphatic rings. The van der Waals surface area contributed by atoms with E-state index < -0.39 is 78.4 Å². The number of hydrogen-bond acceptors (Lipinski definition) is 7. The molecule has 0 aromatic rings. The second-order valence-corrected chi connectivity index (χ2v) is 7.94. The van der Waals surface area contributed by atoms with Crippen molar-refractivity contribution >= 4 is 35.5 Å². The third-order valence-electron chi connectivity index (χ3n) is 4.87. The molecule has 0 saturated heterocycles. The van der Waals surface area contributed by atoms with E-state index in [1.54, 1.807) is 27.7 Å². The van der Waals surface area contributed by atoms with Crippen LogP contribution in [0, 0.1) is 11.8 Å². The summed E-state index contributed by atoms with van der Waals surface area (Å²) in [5.41, 5.74) is 16.0. The van der Waals surface area contributed by atoms with Crippen molar-refractivity contribution in [1.82, 2.24) is 16.0 Å². The lowest BCUT2D eigenvalue weighted by Gasteiger charge is -2.26. The van der Waals surface area contributed by atoms with E-state index in [0.717, 1.165) is 0 Å². The molecule has 0 bridgehead atoms. The van der Waals surface area contributed by atoms with Crippen LogP contribution in [0.25, 0.3) is 0 Å². The number of carbonyl (C=O) groups excluding carboxylic acids is 5. The number of amides is 5. The molecule has 5 unspecified atom stereocenters. The highest BCUT2D eigenvalue weighted by Crippen LogP contribution is 2.09. The van der Waals surface area contributed by atoms with Crippen LogP contribution in [-0.2, 0) is 28.8 Å². The van der Waals surface area contributed by atoms with Crippen molar-refractivity contribution in [3.63, 3.8) is 0 Å². The van der Waals surface area contributed by atoms with Gasteiger partial charge in [0.2, 0.25) is 29.5 Å². The van der Waals surface area contributed by atoms with Gasteiger partial charge in [-0.15, -0.1) is 0 Å². The lowest BCUT2D eigenvalue weighted by atomic mass is 9.98. The Morgan fingerprint density at radius 1 is 0.781 bits per heavy atom. The summed E-state index contributed by atoms with van der Waals surface area (Å²) in [6.07, 6.45) is -0.808. The minimum Gasteiger partial charge on any atom is -0.480 e. The van der Waals surface area contributed by atoms with Gasteiger partial charge in [0.05, 0.1) is 18.9 Å². The Kier molecular flexibility index (Phi) is 11.9. The topological polar surface area (TPSA) is 237 Å². The molecule has 13 heteroatoms. The second kappa shape index (κ2) is 13.2. The Balaban J connectivity index is 5.61. The zero-order valence-electron chi connectivity index (χ0n) is 18.7. The van der Waals surface area contributed by atoms with Gasteiger partial charge in [0, 0.05) is 0 Å². The van der Waals surface area contributed by atoms with Crippen LogP contribution in [-0.4, -0.2) is 64.8 Å². The molecule has 0 aliphatic carbocycles. The van der Waals surface area contributed by atoms with Crippen molar-refractivity contribution in [1.29, 1.82) is 0 Å². The molecule has 0 saturated carbocycles. The molecule has 0 rings (SSSR count). The number of nitrogens with one attached hydrogen (secondary N) is 3. The molecule has 0 aromatic carbocycles. The van der Waals surface area contributed by atoms with E-state index in [1.165, 1.54) is 0 Å². The maximum atomic E-state index is 12.7. The maximum Gasteiger partial charge on any atom is 0.326 e. The fraction of sp³-hybridized carbons (Fsp3) is 0.684. The summed E-state index contributed by atoms with van der Waals surface area (Å²) in [7, 11) is 0. The summed E-state index contributed by atoms with van der Waals surface area (Å²) in [4.78, 5) is 71.8. The number of carbonyl (C=O) groups is 6. The first kappa shape index (κ1) is 28.8. The summed E-state index contributed by atoms with van der Waals surface area (Å²) >= 11 is 0. The van der Waals surface area contributed by atoms with E-state index >= 15 is 0 Å². The van der Waals surface area contributed by atoms with Crippen LogP contribution >= 0.6 is 0 Å². The normalized spacial score (nSPS) is 15.6. The van der Waals surface area contributed by atoms with Gasteiger partial charge in [-0.25, -0.2) is 4.79 Å². The lowest BCUT2D eigenvalue weighted by molar-refractivity contribution is -0.144. The highest BCUT2D eigenvalue weighted by Gasteiger charge is 2.33. The van der Waals surface area contributed by atoms with Crippen LogP contribution in [0.15, 0.2) is 0 Å². The molecule has 32 heavy (non-hydrogen) atoms. The first-order chi connectivity index (χ1) is 14.7. The molecule has 13 nitrogen and oxygen atoms in total. The van der Waals surface area contributed by atoms with Gasteiger partial charge in [-0.05, 0) is 11.8 Å². The molecule has 5 atom stereocenters. The number of rotatable bonds is 14. The predicted octanol–water partition coefficient (Wildman–Crippen LogP) is -2.69. The third kappa shape index (κ3) is 9.73. The zero-order valence-corrected chi connectivity index (χ0v) is 18.7. The number of nitrogens with two attached hydrogens (primary N) is 3. The third-order valence-corrected chi connectivity index (χ3v) is 4.87. The first-order valence-corrected chi connectivity index (χ1v) is 10.2. The molecule has 10 N–H and O–H groups in total. The largest absolute Gasteiger partial charge is 0.480 e. The van der Waals surface area contributed by atoms with Gasteiger partial charge in [0.15, 0.2) is 0 Å². The number of carboxylic acid groups (broad SMARTS) is 1. The molecular weight excluding hydrogens is 424 g/mol. The van der Waals surface area contributed by atoms with Gasteiger partial charge in [-0.3, -0.25) is 24.0 Å². The van der Waals surface area contributed by atoms with Gasteiger partial charge in [-0.1, -0.05) is 34.1 Å². The standard InChI is InChI=1S/C19H34N6O7/c1-5-9(4)15(19(31)32)25-17(29)11(7-13(21)27)23-16(28)10(6-12(20)26)24-18(30)14(22)8(2)3/h8-11,14-15H,5-7,22H2,1-4H3,(H2,20,26)(H2,21,27)(H,23,28)(H,24,30)(H,25,29)(H,31,32). The monoisotopic (exact) mass is 458 g/mol. The van der Waals surface area contributed by atoms with E-state index in [9.17, 15) is 33.9 Å². The summed E-state index contributed by atoms with van der Waals surface area (Å²) < 4.78 is 0. The minimum absolute atomic E-state index is 0.269. The Labute approximate surface area is 186 Å². The smallest absolute Gasteiger partial charge is 0.326 e. The molecule has 0 spiro atoms. The van der Waals surface area contributed by atoms with Gasteiger partial charge in [-0.2, -0.15) is 0 Å². The van der Waals surface area contributed by atoms with E-state index in [2.05, 4.69) is 16.0 Å².